The van der Waals surface area contributed by atoms with Crippen molar-refractivity contribution >= 4 is 23.8 Å². The van der Waals surface area contributed by atoms with Gasteiger partial charge in [-0.15, -0.1) is 0 Å². The number of hydrogen-bond acceptors (Lipinski definition) is 5. The number of nitrogens with zero attached hydrogens (tertiary/aromatic N) is 2. The van der Waals surface area contributed by atoms with Gasteiger partial charge < -0.3 is 15.0 Å². The number of piperidine rings is 1. The summed E-state index contributed by atoms with van der Waals surface area (Å²) in [6, 6.07) is 5.93. The van der Waals surface area contributed by atoms with E-state index in [0.717, 1.165) is 12.8 Å². The van der Waals surface area contributed by atoms with Crippen LogP contribution in [0.2, 0.25) is 0 Å². The predicted molar refractivity (Wildman–Crippen MR) is 91.9 cm³/mol. The molecule has 0 aliphatic carbocycles. The molecular formula is C17H21N3O5. The van der Waals surface area contributed by atoms with Crippen molar-refractivity contribution in [2.24, 2.45) is 0 Å². The second-order valence-electron chi connectivity index (χ2n) is 5.67. The SMILES string of the molecule is CCOC(=O)N[C@@H]1CCCN(C(=O)/C=C/c2cccc([N+](=O)[O-])c2)C1. The number of alkyl carbamates (subject to hydrolysis) is 1. The van der Waals surface area contributed by atoms with Gasteiger partial charge in [-0.25, -0.2) is 4.79 Å². The average molecular weight is 347 g/mol. The molecule has 0 radical (unpaired) electrons. The predicted octanol–water partition coefficient (Wildman–Crippen LogP) is 2.35. The standard InChI is InChI=1S/C17H21N3O5/c1-2-25-17(22)18-14-6-4-10-19(12-14)16(21)9-8-13-5-3-7-15(11-13)20(23)24/h3,5,7-9,11,14H,2,4,6,10,12H2,1H3,(H,18,22)/b9-8+/t14-/m1/s1. The fraction of sp³-hybridized carbons (Fsp3) is 0.412. The normalized spacial score (nSPS) is 17.3. The van der Waals surface area contributed by atoms with Gasteiger partial charge in [0, 0.05) is 37.3 Å². The highest BCUT2D eigenvalue weighted by molar-refractivity contribution is 5.92. The molecule has 8 nitrogen and oxygen atoms in total. The molecule has 0 spiro atoms. The molecule has 1 fully saturated rings. The minimum absolute atomic E-state index is 0.0220. The number of benzene rings is 1. The van der Waals surface area contributed by atoms with E-state index < -0.39 is 11.0 Å². The summed E-state index contributed by atoms with van der Waals surface area (Å²) < 4.78 is 4.85. The lowest BCUT2D eigenvalue weighted by Gasteiger charge is -2.32. The van der Waals surface area contributed by atoms with Crippen LogP contribution in [0.4, 0.5) is 10.5 Å². The van der Waals surface area contributed by atoms with Crippen LogP contribution in [-0.4, -0.2) is 47.6 Å². The van der Waals surface area contributed by atoms with Crippen molar-refractivity contribution in [2.75, 3.05) is 19.7 Å². The third-order valence-corrected chi connectivity index (χ3v) is 3.83. The van der Waals surface area contributed by atoms with Crippen LogP contribution in [0, 0.1) is 10.1 Å². The molecule has 0 unspecified atom stereocenters. The molecule has 1 aromatic carbocycles. The van der Waals surface area contributed by atoms with E-state index in [4.69, 9.17) is 4.74 Å². The highest BCUT2D eigenvalue weighted by Crippen LogP contribution is 2.15. The minimum Gasteiger partial charge on any atom is -0.450 e. The number of amides is 2. The number of nitrogens with one attached hydrogen (secondary N) is 1. The van der Waals surface area contributed by atoms with E-state index in [0.29, 0.717) is 25.3 Å². The number of carbonyl (C=O) groups excluding carboxylic acids is 2. The van der Waals surface area contributed by atoms with E-state index in [1.54, 1.807) is 30.0 Å². The first-order valence-corrected chi connectivity index (χ1v) is 8.14. The summed E-state index contributed by atoms with van der Waals surface area (Å²) in [4.78, 5) is 35.7. The van der Waals surface area contributed by atoms with Crippen molar-refractivity contribution in [3.8, 4) is 0 Å². The van der Waals surface area contributed by atoms with Gasteiger partial charge in [-0.05, 0) is 31.4 Å². The molecule has 1 N–H and O–H groups in total. The third-order valence-electron chi connectivity index (χ3n) is 3.83. The van der Waals surface area contributed by atoms with E-state index in [1.807, 2.05) is 0 Å². The van der Waals surface area contributed by atoms with Gasteiger partial charge in [0.05, 0.1) is 11.5 Å². The maximum atomic E-state index is 12.3. The molecular weight excluding hydrogens is 326 g/mol. The van der Waals surface area contributed by atoms with Crippen LogP contribution in [0.25, 0.3) is 6.08 Å². The zero-order valence-corrected chi connectivity index (χ0v) is 14.0. The van der Waals surface area contributed by atoms with Crippen LogP contribution in [-0.2, 0) is 9.53 Å². The molecule has 134 valence electrons. The molecule has 25 heavy (non-hydrogen) atoms. The summed E-state index contributed by atoms with van der Waals surface area (Å²) in [6.07, 6.45) is 4.04. The molecule has 1 aliphatic heterocycles. The van der Waals surface area contributed by atoms with Gasteiger partial charge in [-0.2, -0.15) is 0 Å². The van der Waals surface area contributed by atoms with E-state index >= 15 is 0 Å². The lowest BCUT2D eigenvalue weighted by molar-refractivity contribution is -0.384. The Bertz CT molecular complexity index is 674. The molecule has 8 heteroatoms. The number of non-ortho nitro benzene ring substituents is 1. The molecule has 0 bridgehead atoms. The van der Waals surface area contributed by atoms with E-state index in [9.17, 15) is 19.7 Å². The molecule has 0 aromatic heterocycles. The Kier molecular flexibility index (Phi) is 6.50. The second kappa shape index (κ2) is 8.81. The fourth-order valence-electron chi connectivity index (χ4n) is 2.65. The van der Waals surface area contributed by atoms with Crippen LogP contribution in [0.15, 0.2) is 30.3 Å². The topological polar surface area (TPSA) is 102 Å². The van der Waals surface area contributed by atoms with Gasteiger partial charge in [0.1, 0.15) is 0 Å². The van der Waals surface area contributed by atoms with Crippen molar-refractivity contribution in [1.82, 2.24) is 10.2 Å². The highest BCUT2D eigenvalue weighted by Gasteiger charge is 2.23. The third kappa shape index (κ3) is 5.59. The van der Waals surface area contributed by atoms with E-state index in [2.05, 4.69) is 5.32 Å². The van der Waals surface area contributed by atoms with Gasteiger partial charge in [0.2, 0.25) is 5.91 Å². The van der Waals surface area contributed by atoms with Crippen LogP contribution in [0.5, 0.6) is 0 Å². The average Bonchev–Trinajstić information content (AvgIpc) is 2.60. The number of carbonyl (C=O) groups is 2. The smallest absolute Gasteiger partial charge is 0.407 e. The molecule has 0 saturated carbocycles. The number of likely N-dealkylation sites (tertiary alicyclic amines) is 1. The number of rotatable bonds is 5. The Morgan fingerprint density at radius 2 is 2.28 bits per heavy atom. The monoisotopic (exact) mass is 347 g/mol. The van der Waals surface area contributed by atoms with E-state index in [1.165, 1.54) is 18.2 Å². The number of hydrogen-bond donors (Lipinski definition) is 1. The summed E-state index contributed by atoms with van der Waals surface area (Å²) in [5.41, 5.74) is 0.562. The Morgan fingerprint density at radius 1 is 1.48 bits per heavy atom. The minimum atomic E-state index is -0.478. The lowest BCUT2D eigenvalue weighted by Crippen LogP contribution is -2.49. The highest BCUT2D eigenvalue weighted by atomic mass is 16.6. The largest absolute Gasteiger partial charge is 0.450 e. The van der Waals surface area contributed by atoms with Gasteiger partial charge >= 0.3 is 6.09 Å². The first-order valence-electron chi connectivity index (χ1n) is 8.14. The van der Waals surface area contributed by atoms with Crippen LogP contribution in [0.3, 0.4) is 0 Å². The summed E-state index contributed by atoms with van der Waals surface area (Å²) in [7, 11) is 0. The lowest BCUT2D eigenvalue weighted by atomic mass is 10.1. The van der Waals surface area contributed by atoms with Crippen LogP contribution >= 0.6 is 0 Å². The molecule has 2 amide bonds. The maximum Gasteiger partial charge on any atom is 0.407 e. The molecule has 1 saturated heterocycles. The number of ether oxygens (including phenoxy) is 1. The van der Waals surface area contributed by atoms with Gasteiger partial charge in [0.15, 0.2) is 0 Å². The maximum absolute atomic E-state index is 12.3. The van der Waals surface area contributed by atoms with Crippen molar-refractivity contribution in [3.63, 3.8) is 0 Å². The van der Waals surface area contributed by atoms with Crippen LogP contribution in [0.1, 0.15) is 25.3 Å². The summed E-state index contributed by atoms with van der Waals surface area (Å²) >= 11 is 0. The molecule has 1 aliphatic rings. The number of nitro groups is 1. The molecule has 2 rings (SSSR count). The first kappa shape index (κ1) is 18.4. The van der Waals surface area contributed by atoms with Crippen molar-refractivity contribution in [2.45, 2.75) is 25.8 Å². The second-order valence-corrected chi connectivity index (χ2v) is 5.67. The zero-order chi connectivity index (χ0) is 18.2. The Labute approximate surface area is 145 Å². The fourth-order valence-corrected chi connectivity index (χ4v) is 2.65. The van der Waals surface area contributed by atoms with Crippen LogP contribution < -0.4 is 5.32 Å². The molecule has 1 aromatic rings. The zero-order valence-electron chi connectivity index (χ0n) is 14.0. The first-order chi connectivity index (χ1) is 12.0. The number of nitro benzene ring substituents is 1. The molecule has 1 heterocycles. The van der Waals surface area contributed by atoms with Crippen molar-refractivity contribution in [3.05, 3.63) is 46.0 Å². The quantitative estimate of drug-likeness (QED) is 0.500. The van der Waals surface area contributed by atoms with E-state index in [-0.39, 0.29) is 17.6 Å². The van der Waals surface area contributed by atoms with Gasteiger partial charge in [-0.3, -0.25) is 14.9 Å². The Hall–Kier alpha value is -2.90. The van der Waals surface area contributed by atoms with Gasteiger partial charge in [-0.1, -0.05) is 12.1 Å². The Morgan fingerprint density at radius 3 is 3.00 bits per heavy atom. The summed E-state index contributed by atoms with van der Waals surface area (Å²) in [5, 5.41) is 13.5. The Balaban J connectivity index is 1.94. The summed E-state index contributed by atoms with van der Waals surface area (Å²) in [6.45, 7) is 3.05. The van der Waals surface area contributed by atoms with Crippen molar-refractivity contribution in [1.29, 1.82) is 0 Å². The summed E-state index contributed by atoms with van der Waals surface area (Å²) in [5.74, 6) is -0.193. The van der Waals surface area contributed by atoms with Gasteiger partial charge in [0.25, 0.3) is 5.69 Å². The molecule has 1 atom stereocenters. The van der Waals surface area contributed by atoms with Crippen molar-refractivity contribution < 1.29 is 19.2 Å².